The van der Waals surface area contributed by atoms with Gasteiger partial charge in [0.05, 0.1) is 18.4 Å². The number of hydrogen-bond acceptors (Lipinski definition) is 3. The van der Waals surface area contributed by atoms with Crippen LogP contribution in [0, 0.1) is 17.7 Å². The lowest BCUT2D eigenvalue weighted by molar-refractivity contribution is -0.139. The van der Waals surface area contributed by atoms with Crippen molar-refractivity contribution < 1.29 is 18.8 Å². The maximum Gasteiger partial charge on any atom is 0.233 e. The van der Waals surface area contributed by atoms with Crippen molar-refractivity contribution >= 4 is 17.6 Å². The number of halogens is 1. The van der Waals surface area contributed by atoms with Crippen molar-refractivity contribution in [2.75, 3.05) is 6.54 Å². The number of ketones is 1. The second-order valence-corrected chi connectivity index (χ2v) is 5.35. The summed E-state index contributed by atoms with van der Waals surface area (Å²) in [7, 11) is 0. The minimum absolute atomic E-state index is 0.268. The first-order valence-electron chi connectivity index (χ1n) is 6.87. The van der Waals surface area contributed by atoms with Crippen LogP contribution >= 0.6 is 0 Å². The number of hydrogen-bond donors (Lipinski definition) is 0. The topological polar surface area (TPSA) is 54.5 Å². The van der Waals surface area contributed by atoms with Gasteiger partial charge in [-0.05, 0) is 37.1 Å². The zero-order chi connectivity index (χ0) is 15.0. The van der Waals surface area contributed by atoms with E-state index >= 15 is 0 Å². The van der Waals surface area contributed by atoms with Gasteiger partial charge in [0, 0.05) is 5.56 Å². The van der Waals surface area contributed by atoms with E-state index in [-0.39, 0.29) is 36.0 Å². The van der Waals surface area contributed by atoms with E-state index in [1.54, 1.807) is 0 Å². The number of benzene rings is 1. The quantitative estimate of drug-likeness (QED) is 0.485. The summed E-state index contributed by atoms with van der Waals surface area (Å²) in [6.45, 7) is -0.268. The summed E-state index contributed by atoms with van der Waals surface area (Å²) in [5.41, 5.74) is 0.296. The van der Waals surface area contributed by atoms with E-state index in [0.717, 1.165) is 4.90 Å². The number of fused-ring (bicyclic) bond motifs is 1. The minimum Gasteiger partial charge on any atom is -0.292 e. The summed E-state index contributed by atoms with van der Waals surface area (Å²) >= 11 is 0. The molecule has 0 spiro atoms. The first-order chi connectivity index (χ1) is 10.1. The number of imide groups is 1. The van der Waals surface area contributed by atoms with Crippen LogP contribution in [0.15, 0.2) is 36.4 Å². The second kappa shape index (κ2) is 5.24. The molecule has 0 N–H and O–H groups in total. The Hall–Kier alpha value is -2.30. The molecule has 2 amide bonds. The van der Waals surface area contributed by atoms with Gasteiger partial charge in [-0.1, -0.05) is 12.2 Å². The molecule has 3 rings (SSSR count). The molecule has 1 aromatic carbocycles. The third kappa shape index (κ3) is 2.39. The SMILES string of the molecule is O=C(CN1C(=O)[C@@H]2CC=CC[C@H]2C1=O)c1ccc(F)cc1. The highest BCUT2D eigenvalue weighted by atomic mass is 19.1. The van der Waals surface area contributed by atoms with Crippen molar-refractivity contribution in [3.63, 3.8) is 0 Å². The Bertz CT molecular complexity index is 609. The largest absolute Gasteiger partial charge is 0.292 e. The zero-order valence-corrected chi connectivity index (χ0v) is 11.3. The van der Waals surface area contributed by atoms with Gasteiger partial charge < -0.3 is 0 Å². The molecule has 2 atom stereocenters. The molecule has 0 unspecified atom stereocenters. The summed E-state index contributed by atoms with van der Waals surface area (Å²) in [6, 6.07) is 5.09. The molecule has 2 aliphatic rings. The van der Waals surface area contributed by atoms with Crippen LogP contribution in [-0.4, -0.2) is 29.0 Å². The van der Waals surface area contributed by atoms with Crippen molar-refractivity contribution in [2.24, 2.45) is 11.8 Å². The average molecular weight is 287 g/mol. The summed E-state index contributed by atoms with van der Waals surface area (Å²) < 4.78 is 12.8. The summed E-state index contributed by atoms with van der Waals surface area (Å²) in [4.78, 5) is 37.6. The van der Waals surface area contributed by atoms with Gasteiger partial charge in [0.1, 0.15) is 5.82 Å². The van der Waals surface area contributed by atoms with Gasteiger partial charge in [-0.2, -0.15) is 0 Å². The Kier molecular flexibility index (Phi) is 3.41. The minimum atomic E-state index is -0.433. The third-order valence-corrected chi connectivity index (χ3v) is 4.07. The van der Waals surface area contributed by atoms with Crippen LogP contribution in [-0.2, 0) is 9.59 Å². The maximum absolute atomic E-state index is 12.8. The van der Waals surface area contributed by atoms with Crippen molar-refractivity contribution in [1.82, 2.24) is 4.90 Å². The Morgan fingerprint density at radius 3 is 2.10 bits per heavy atom. The highest BCUT2D eigenvalue weighted by Gasteiger charge is 2.47. The fourth-order valence-electron chi connectivity index (χ4n) is 2.90. The predicted octanol–water partition coefficient (Wildman–Crippen LogP) is 1.96. The normalized spacial score (nSPS) is 24.3. The Morgan fingerprint density at radius 2 is 1.57 bits per heavy atom. The third-order valence-electron chi connectivity index (χ3n) is 4.07. The Labute approximate surface area is 121 Å². The number of allylic oxidation sites excluding steroid dienone is 2. The van der Waals surface area contributed by atoms with E-state index in [9.17, 15) is 18.8 Å². The number of carbonyl (C=O) groups is 3. The van der Waals surface area contributed by atoms with Crippen LogP contribution < -0.4 is 0 Å². The molecule has 1 fully saturated rings. The molecular weight excluding hydrogens is 273 g/mol. The van der Waals surface area contributed by atoms with Gasteiger partial charge >= 0.3 is 0 Å². The van der Waals surface area contributed by atoms with Gasteiger partial charge in [0.2, 0.25) is 11.8 Å². The molecule has 4 nitrogen and oxygen atoms in total. The number of amides is 2. The average Bonchev–Trinajstić information content (AvgIpc) is 2.73. The molecular formula is C16H14FNO3. The summed E-state index contributed by atoms with van der Waals surface area (Å²) in [5, 5.41) is 0. The fraction of sp³-hybridized carbons (Fsp3) is 0.312. The molecule has 1 saturated heterocycles. The molecule has 1 heterocycles. The van der Waals surface area contributed by atoms with Crippen LogP contribution in [0.25, 0.3) is 0 Å². The molecule has 0 saturated carbocycles. The van der Waals surface area contributed by atoms with Crippen molar-refractivity contribution in [1.29, 1.82) is 0 Å². The molecule has 0 bridgehead atoms. The van der Waals surface area contributed by atoms with Crippen molar-refractivity contribution in [2.45, 2.75) is 12.8 Å². The fourth-order valence-corrected chi connectivity index (χ4v) is 2.90. The van der Waals surface area contributed by atoms with Crippen LogP contribution in [0.5, 0.6) is 0 Å². The van der Waals surface area contributed by atoms with Crippen LogP contribution in [0.2, 0.25) is 0 Å². The lowest BCUT2D eigenvalue weighted by atomic mass is 9.85. The molecule has 1 aliphatic heterocycles. The number of nitrogens with zero attached hydrogens (tertiary/aromatic N) is 1. The summed E-state index contributed by atoms with van der Waals surface area (Å²) in [5.74, 6) is -2.00. The van der Waals surface area contributed by atoms with Gasteiger partial charge in [0.25, 0.3) is 0 Å². The zero-order valence-electron chi connectivity index (χ0n) is 11.3. The Morgan fingerprint density at radius 1 is 1.05 bits per heavy atom. The standard InChI is InChI=1S/C16H14FNO3/c17-11-7-5-10(6-8-11)14(19)9-18-15(20)12-3-1-2-4-13(12)16(18)21/h1-2,5-8,12-13H,3-4,9H2/t12-,13-/m1/s1. The van der Waals surface area contributed by atoms with Gasteiger partial charge in [0.15, 0.2) is 5.78 Å². The Balaban J connectivity index is 1.76. The van der Waals surface area contributed by atoms with E-state index < -0.39 is 5.82 Å². The highest BCUT2D eigenvalue weighted by molar-refractivity contribution is 6.10. The lowest BCUT2D eigenvalue weighted by Crippen LogP contribution is -2.36. The first-order valence-corrected chi connectivity index (χ1v) is 6.87. The number of carbonyl (C=O) groups excluding carboxylic acids is 3. The predicted molar refractivity (Wildman–Crippen MR) is 72.8 cm³/mol. The van der Waals surface area contributed by atoms with E-state index in [1.807, 2.05) is 12.2 Å². The van der Waals surface area contributed by atoms with Crippen molar-refractivity contribution in [3.05, 3.63) is 47.8 Å². The van der Waals surface area contributed by atoms with E-state index in [2.05, 4.69) is 0 Å². The smallest absolute Gasteiger partial charge is 0.233 e. The molecule has 1 aliphatic carbocycles. The number of rotatable bonds is 3. The van der Waals surface area contributed by atoms with Gasteiger partial charge in [-0.3, -0.25) is 19.3 Å². The van der Waals surface area contributed by atoms with E-state index in [1.165, 1.54) is 24.3 Å². The lowest BCUT2D eigenvalue weighted by Gasteiger charge is -2.14. The second-order valence-electron chi connectivity index (χ2n) is 5.35. The monoisotopic (exact) mass is 287 g/mol. The maximum atomic E-state index is 12.8. The molecule has 108 valence electrons. The number of Topliss-reactive ketones (excluding diaryl/α,β-unsaturated/α-hetero) is 1. The van der Waals surface area contributed by atoms with Crippen molar-refractivity contribution in [3.8, 4) is 0 Å². The van der Waals surface area contributed by atoms with E-state index in [4.69, 9.17) is 0 Å². The highest BCUT2D eigenvalue weighted by Crippen LogP contribution is 2.34. The van der Waals surface area contributed by atoms with E-state index in [0.29, 0.717) is 18.4 Å². The molecule has 0 aromatic heterocycles. The van der Waals surface area contributed by atoms with Crippen LogP contribution in [0.3, 0.4) is 0 Å². The summed E-state index contributed by atoms with van der Waals surface area (Å²) in [6.07, 6.45) is 4.90. The molecule has 5 heteroatoms. The van der Waals surface area contributed by atoms with Crippen LogP contribution in [0.1, 0.15) is 23.2 Å². The molecule has 1 aromatic rings. The van der Waals surface area contributed by atoms with Crippen LogP contribution in [0.4, 0.5) is 4.39 Å². The molecule has 21 heavy (non-hydrogen) atoms. The van der Waals surface area contributed by atoms with Gasteiger partial charge in [-0.25, -0.2) is 4.39 Å². The van der Waals surface area contributed by atoms with Gasteiger partial charge in [-0.15, -0.1) is 0 Å². The first kappa shape index (κ1) is 13.7. The molecule has 0 radical (unpaired) electrons. The number of likely N-dealkylation sites (tertiary alicyclic amines) is 1.